The molecule has 1 amide bonds. The predicted molar refractivity (Wildman–Crippen MR) is 106 cm³/mol. The summed E-state index contributed by atoms with van der Waals surface area (Å²) >= 11 is 1.44. The molecular weight excluding hydrogens is 344 g/mol. The number of anilines is 1. The van der Waals surface area contributed by atoms with Gasteiger partial charge in [0.1, 0.15) is 0 Å². The predicted octanol–water partition coefficient (Wildman–Crippen LogP) is 4.06. The quantitative estimate of drug-likeness (QED) is 0.731. The van der Waals surface area contributed by atoms with Gasteiger partial charge in [0.15, 0.2) is 5.13 Å². The summed E-state index contributed by atoms with van der Waals surface area (Å²) in [4.78, 5) is 20.9. The first-order chi connectivity index (χ1) is 12.3. The SMILES string of the molecule is C.O=C(CC1NCCc2ccccc21)Nc1nc(-c2ccncc2)cs1. The van der Waals surface area contributed by atoms with Crippen LogP contribution in [0, 0.1) is 0 Å². The van der Waals surface area contributed by atoms with Crippen molar-refractivity contribution in [3.63, 3.8) is 0 Å². The summed E-state index contributed by atoms with van der Waals surface area (Å²) in [5.41, 5.74) is 4.40. The fourth-order valence-corrected chi connectivity index (χ4v) is 3.85. The Balaban J connectivity index is 0.00000196. The van der Waals surface area contributed by atoms with Crippen LogP contribution in [0.25, 0.3) is 11.3 Å². The second-order valence-corrected chi connectivity index (χ2v) is 6.84. The fourth-order valence-electron chi connectivity index (χ4n) is 3.12. The number of hydrogen-bond acceptors (Lipinski definition) is 5. The first-order valence-corrected chi connectivity index (χ1v) is 9.14. The van der Waals surface area contributed by atoms with Crippen LogP contribution in [0.15, 0.2) is 54.2 Å². The molecule has 0 radical (unpaired) electrons. The Morgan fingerprint density at radius 3 is 2.88 bits per heavy atom. The lowest BCUT2D eigenvalue weighted by atomic mass is 9.92. The Labute approximate surface area is 157 Å². The van der Waals surface area contributed by atoms with Crippen molar-refractivity contribution in [3.8, 4) is 11.3 Å². The van der Waals surface area contributed by atoms with Crippen molar-refractivity contribution >= 4 is 22.4 Å². The van der Waals surface area contributed by atoms with Crippen molar-refractivity contribution in [1.82, 2.24) is 15.3 Å². The number of pyridine rings is 1. The zero-order valence-corrected chi connectivity index (χ0v) is 14.4. The second kappa shape index (κ2) is 8.21. The van der Waals surface area contributed by atoms with Crippen LogP contribution in [-0.2, 0) is 11.2 Å². The highest BCUT2D eigenvalue weighted by Crippen LogP contribution is 2.27. The lowest BCUT2D eigenvalue weighted by molar-refractivity contribution is -0.116. The third-order valence-electron chi connectivity index (χ3n) is 4.33. The summed E-state index contributed by atoms with van der Waals surface area (Å²) in [6, 6.07) is 12.2. The van der Waals surface area contributed by atoms with Gasteiger partial charge in [-0.1, -0.05) is 31.7 Å². The Bertz CT molecular complexity index is 878. The van der Waals surface area contributed by atoms with E-state index in [0.717, 1.165) is 24.2 Å². The maximum absolute atomic E-state index is 12.4. The molecule has 1 unspecified atom stereocenters. The largest absolute Gasteiger partial charge is 0.309 e. The van der Waals surface area contributed by atoms with Gasteiger partial charge in [-0.25, -0.2) is 4.98 Å². The highest BCUT2D eigenvalue weighted by molar-refractivity contribution is 7.14. The molecular formula is C20H22N4OS. The number of benzene rings is 1. The van der Waals surface area contributed by atoms with Crippen molar-refractivity contribution in [3.05, 3.63) is 65.3 Å². The topological polar surface area (TPSA) is 66.9 Å². The standard InChI is InChI=1S/C19H18N4OS.CH4/c24-18(11-16-15-4-2-1-3-13(15)7-10-21-16)23-19-22-17(12-25-19)14-5-8-20-9-6-14;/h1-6,8-9,12,16,21H,7,10-11H2,(H,22,23,24);1H4. The van der Waals surface area contributed by atoms with Gasteiger partial charge >= 0.3 is 0 Å². The van der Waals surface area contributed by atoms with E-state index in [-0.39, 0.29) is 19.4 Å². The van der Waals surface area contributed by atoms with Crippen molar-refractivity contribution in [2.75, 3.05) is 11.9 Å². The summed E-state index contributed by atoms with van der Waals surface area (Å²) in [6.07, 6.45) is 4.88. The molecule has 2 aromatic heterocycles. The number of carbonyl (C=O) groups is 1. The molecule has 1 atom stereocenters. The van der Waals surface area contributed by atoms with Crippen LogP contribution in [0.2, 0.25) is 0 Å². The van der Waals surface area contributed by atoms with Crippen LogP contribution >= 0.6 is 11.3 Å². The third-order valence-corrected chi connectivity index (χ3v) is 5.09. The van der Waals surface area contributed by atoms with E-state index in [1.54, 1.807) is 12.4 Å². The molecule has 4 rings (SSSR count). The molecule has 3 heterocycles. The van der Waals surface area contributed by atoms with E-state index in [4.69, 9.17) is 0 Å². The van der Waals surface area contributed by atoms with Gasteiger partial charge in [0.05, 0.1) is 5.69 Å². The molecule has 3 aromatic rings. The molecule has 5 nitrogen and oxygen atoms in total. The molecule has 0 fully saturated rings. The number of nitrogens with zero attached hydrogens (tertiary/aromatic N) is 2. The number of fused-ring (bicyclic) bond motifs is 1. The average Bonchev–Trinajstić information content (AvgIpc) is 3.11. The molecule has 0 aliphatic carbocycles. The normalized spacial score (nSPS) is 15.6. The first-order valence-electron chi connectivity index (χ1n) is 8.26. The molecule has 6 heteroatoms. The number of rotatable bonds is 4. The van der Waals surface area contributed by atoms with Crippen LogP contribution in [0.5, 0.6) is 0 Å². The van der Waals surface area contributed by atoms with Crippen LogP contribution in [0.4, 0.5) is 5.13 Å². The third kappa shape index (κ3) is 3.98. The smallest absolute Gasteiger partial charge is 0.228 e. The second-order valence-electron chi connectivity index (χ2n) is 5.98. The number of hydrogen-bond donors (Lipinski definition) is 2. The number of amides is 1. The minimum Gasteiger partial charge on any atom is -0.309 e. The minimum atomic E-state index is -0.0233. The number of thiazole rings is 1. The molecule has 0 saturated carbocycles. The Kier molecular flexibility index (Phi) is 5.75. The fraction of sp³-hybridized carbons (Fsp3) is 0.250. The Hall–Kier alpha value is -2.57. The van der Waals surface area contributed by atoms with Crippen molar-refractivity contribution in [2.24, 2.45) is 0 Å². The Morgan fingerprint density at radius 2 is 2.04 bits per heavy atom. The van der Waals surface area contributed by atoms with Crippen LogP contribution in [0.1, 0.15) is 31.0 Å². The monoisotopic (exact) mass is 366 g/mol. The molecule has 134 valence electrons. The summed E-state index contributed by atoms with van der Waals surface area (Å²) < 4.78 is 0. The zero-order valence-electron chi connectivity index (χ0n) is 13.6. The number of nitrogens with one attached hydrogen (secondary N) is 2. The van der Waals surface area contributed by atoms with E-state index < -0.39 is 0 Å². The van der Waals surface area contributed by atoms with Gasteiger partial charge in [-0.3, -0.25) is 9.78 Å². The van der Waals surface area contributed by atoms with Gasteiger partial charge in [-0.15, -0.1) is 11.3 Å². The van der Waals surface area contributed by atoms with Gasteiger partial charge in [0.25, 0.3) is 0 Å². The lowest BCUT2D eigenvalue weighted by Gasteiger charge is -2.26. The maximum atomic E-state index is 12.4. The Morgan fingerprint density at radius 1 is 1.23 bits per heavy atom. The summed E-state index contributed by atoms with van der Waals surface area (Å²) in [5, 5.41) is 8.93. The van der Waals surface area contributed by atoms with E-state index in [1.807, 2.05) is 23.6 Å². The highest BCUT2D eigenvalue weighted by Gasteiger charge is 2.22. The highest BCUT2D eigenvalue weighted by atomic mass is 32.1. The molecule has 0 spiro atoms. The average molecular weight is 366 g/mol. The van der Waals surface area contributed by atoms with Gasteiger partial charge in [0.2, 0.25) is 5.91 Å². The minimum absolute atomic E-state index is 0. The van der Waals surface area contributed by atoms with E-state index in [9.17, 15) is 4.79 Å². The molecule has 1 aliphatic rings. The molecule has 0 saturated heterocycles. The maximum Gasteiger partial charge on any atom is 0.228 e. The van der Waals surface area contributed by atoms with Gasteiger partial charge in [-0.05, 0) is 36.2 Å². The number of aromatic nitrogens is 2. The lowest BCUT2D eigenvalue weighted by Crippen LogP contribution is -2.32. The summed E-state index contributed by atoms with van der Waals surface area (Å²) in [5.74, 6) is -0.0233. The van der Waals surface area contributed by atoms with Gasteiger partial charge in [-0.2, -0.15) is 0 Å². The van der Waals surface area contributed by atoms with Crippen LogP contribution in [0.3, 0.4) is 0 Å². The van der Waals surface area contributed by atoms with Crippen LogP contribution in [-0.4, -0.2) is 22.4 Å². The molecule has 1 aliphatic heterocycles. The zero-order chi connectivity index (χ0) is 17.1. The van der Waals surface area contributed by atoms with Gasteiger partial charge < -0.3 is 10.6 Å². The van der Waals surface area contributed by atoms with Gasteiger partial charge in [0, 0.05) is 35.8 Å². The molecule has 1 aromatic carbocycles. The van der Waals surface area contributed by atoms with Crippen molar-refractivity contribution < 1.29 is 4.79 Å². The van der Waals surface area contributed by atoms with E-state index in [1.165, 1.54) is 22.5 Å². The summed E-state index contributed by atoms with van der Waals surface area (Å²) in [7, 11) is 0. The van der Waals surface area contributed by atoms with E-state index in [2.05, 4.69) is 38.8 Å². The summed E-state index contributed by atoms with van der Waals surface area (Å²) in [6.45, 7) is 0.901. The van der Waals surface area contributed by atoms with Crippen molar-refractivity contribution in [1.29, 1.82) is 0 Å². The van der Waals surface area contributed by atoms with E-state index >= 15 is 0 Å². The molecule has 2 N–H and O–H groups in total. The first kappa shape index (κ1) is 18.2. The molecule has 26 heavy (non-hydrogen) atoms. The number of carbonyl (C=O) groups excluding carboxylic acids is 1. The van der Waals surface area contributed by atoms with Crippen molar-refractivity contribution in [2.45, 2.75) is 26.3 Å². The van der Waals surface area contributed by atoms with Crippen LogP contribution < -0.4 is 10.6 Å². The molecule has 0 bridgehead atoms. The van der Waals surface area contributed by atoms with E-state index in [0.29, 0.717) is 11.6 Å².